The first kappa shape index (κ1) is 9.21. The van der Waals surface area contributed by atoms with Gasteiger partial charge in [0.2, 0.25) is 0 Å². The molecule has 1 fully saturated rings. The van der Waals surface area contributed by atoms with Gasteiger partial charge in [-0.3, -0.25) is 4.98 Å². The second-order valence-corrected chi connectivity index (χ2v) is 4.09. The molecule has 2 rings (SSSR count). The molecule has 0 saturated carbocycles. The number of pyridine rings is 1. The molecule has 1 aliphatic heterocycles. The van der Waals surface area contributed by atoms with Gasteiger partial charge in [0, 0.05) is 25.5 Å². The smallest absolute Gasteiger partial charge is 0.0642 e. The van der Waals surface area contributed by atoms with Gasteiger partial charge in [-0.05, 0) is 28.7 Å². The summed E-state index contributed by atoms with van der Waals surface area (Å²) in [5, 5.41) is 0. The molecule has 0 spiro atoms. The zero-order valence-electron chi connectivity index (χ0n) is 7.24. The molecule has 0 bridgehead atoms. The van der Waals surface area contributed by atoms with Gasteiger partial charge in [-0.15, -0.1) is 0 Å². The molecule has 70 valence electrons. The van der Waals surface area contributed by atoms with Crippen LogP contribution in [0, 0.1) is 3.57 Å². The summed E-state index contributed by atoms with van der Waals surface area (Å²) in [6, 6.07) is 2.06. The molecule has 1 aromatic heterocycles. The minimum absolute atomic E-state index is 0.832. The van der Waals surface area contributed by atoms with E-state index in [2.05, 4.69) is 38.5 Å². The number of halogens is 1. The Labute approximate surface area is 91.2 Å². The van der Waals surface area contributed by atoms with Gasteiger partial charge in [-0.1, -0.05) is 0 Å². The van der Waals surface area contributed by atoms with E-state index in [4.69, 9.17) is 4.74 Å². The summed E-state index contributed by atoms with van der Waals surface area (Å²) in [7, 11) is 0. The molecule has 0 N–H and O–H groups in total. The second-order valence-electron chi connectivity index (χ2n) is 2.93. The minimum atomic E-state index is 0.832. The van der Waals surface area contributed by atoms with E-state index in [0.29, 0.717) is 0 Å². The predicted octanol–water partition coefficient (Wildman–Crippen LogP) is 1.52. The fourth-order valence-electron chi connectivity index (χ4n) is 1.43. The number of hydrogen-bond acceptors (Lipinski definition) is 3. The van der Waals surface area contributed by atoms with E-state index >= 15 is 0 Å². The number of ether oxygens (including phenoxy) is 1. The maximum atomic E-state index is 5.30. The Bertz CT molecular complexity index is 287. The van der Waals surface area contributed by atoms with Crippen molar-refractivity contribution in [1.82, 2.24) is 4.98 Å². The van der Waals surface area contributed by atoms with Gasteiger partial charge in [-0.2, -0.15) is 0 Å². The zero-order valence-corrected chi connectivity index (χ0v) is 9.40. The maximum absolute atomic E-state index is 5.30. The lowest BCUT2D eigenvalue weighted by Gasteiger charge is -2.29. The summed E-state index contributed by atoms with van der Waals surface area (Å²) in [5.74, 6) is 0. The lowest BCUT2D eigenvalue weighted by molar-refractivity contribution is 0.122. The van der Waals surface area contributed by atoms with Crippen molar-refractivity contribution in [3.05, 3.63) is 22.0 Å². The average Bonchev–Trinajstić information content (AvgIpc) is 2.20. The van der Waals surface area contributed by atoms with Crippen molar-refractivity contribution in [3.63, 3.8) is 0 Å². The van der Waals surface area contributed by atoms with Crippen molar-refractivity contribution in [2.45, 2.75) is 0 Å². The molecular weight excluding hydrogens is 279 g/mol. The van der Waals surface area contributed by atoms with Crippen LogP contribution in [0.1, 0.15) is 0 Å². The minimum Gasteiger partial charge on any atom is -0.378 e. The standard InChI is InChI=1S/C9H11IN2O/c10-8-7-11-2-1-9(8)12-3-5-13-6-4-12/h1-2,7H,3-6H2. The third kappa shape index (κ3) is 2.11. The summed E-state index contributed by atoms with van der Waals surface area (Å²) in [6.07, 6.45) is 3.73. The monoisotopic (exact) mass is 290 g/mol. The van der Waals surface area contributed by atoms with Crippen LogP contribution in [-0.2, 0) is 4.74 Å². The summed E-state index contributed by atoms with van der Waals surface area (Å²) >= 11 is 2.32. The summed E-state index contributed by atoms with van der Waals surface area (Å²) in [6.45, 7) is 3.64. The van der Waals surface area contributed by atoms with Crippen LogP contribution in [0.2, 0.25) is 0 Å². The van der Waals surface area contributed by atoms with E-state index in [9.17, 15) is 0 Å². The largest absolute Gasteiger partial charge is 0.378 e. The average molecular weight is 290 g/mol. The molecule has 0 amide bonds. The number of rotatable bonds is 1. The lowest BCUT2D eigenvalue weighted by atomic mass is 10.3. The van der Waals surface area contributed by atoms with Gasteiger partial charge in [0.1, 0.15) is 0 Å². The van der Waals surface area contributed by atoms with Gasteiger partial charge < -0.3 is 9.64 Å². The molecule has 13 heavy (non-hydrogen) atoms. The zero-order chi connectivity index (χ0) is 9.10. The number of hydrogen-bond donors (Lipinski definition) is 0. The predicted molar refractivity (Wildman–Crippen MR) is 60.0 cm³/mol. The topological polar surface area (TPSA) is 25.4 Å². The third-order valence-corrected chi connectivity index (χ3v) is 2.93. The Balaban J connectivity index is 2.18. The van der Waals surface area contributed by atoms with E-state index in [1.807, 2.05) is 12.4 Å². The lowest BCUT2D eigenvalue weighted by Crippen LogP contribution is -2.36. The van der Waals surface area contributed by atoms with E-state index in [1.165, 1.54) is 9.26 Å². The first-order chi connectivity index (χ1) is 6.38. The van der Waals surface area contributed by atoms with Crippen molar-refractivity contribution >= 4 is 28.3 Å². The second kappa shape index (κ2) is 4.23. The highest BCUT2D eigenvalue weighted by Gasteiger charge is 2.12. The molecule has 1 aliphatic rings. The van der Waals surface area contributed by atoms with Crippen LogP contribution in [0.3, 0.4) is 0 Å². The summed E-state index contributed by atoms with van der Waals surface area (Å²) in [4.78, 5) is 6.41. The highest BCUT2D eigenvalue weighted by atomic mass is 127. The van der Waals surface area contributed by atoms with Crippen molar-refractivity contribution in [1.29, 1.82) is 0 Å². The van der Waals surface area contributed by atoms with E-state index in [1.54, 1.807) is 0 Å². The Hall–Kier alpha value is -0.360. The maximum Gasteiger partial charge on any atom is 0.0642 e. The van der Waals surface area contributed by atoms with Crippen molar-refractivity contribution in [2.75, 3.05) is 31.2 Å². The fraction of sp³-hybridized carbons (Fsp3) is 0.444. The Kier molecular flexibility index (Phi) is 3.00. The van der Waals surface area contributed by atoms with E-state index in [-0.39, 0.29) is 0 Å². The van der Waals surface area contributed by atoms with Gasteiger partial charge >= 0.3 is 0 Å². The van der Waals surface area contributed by atoms with Gasteiger partial charge in [0.25, 0.3) is 0 Å². The number of morpholine rings is 1. The summed E-state index contributed by atoms with van der Waals surface area (Å²) < 4.78 is 6.51. The molecule has 0 aliphatic carbocycles. The van der Waals surface area contributed by atoms with Crippen LogP contribution in [0.4, 0.5) is 5.69 Å². The van der Waals surface area contributed by atoms with Gasteiger partial charge in [0.15, 0.2) is 0 Å². The molecule has 1 aromatic rings. The fourth-order valence-corrected chi connectivity index (χ4v) is 2.11. The van der Waals surface area contributed by atoms with Gasteiger partial charge in [0.05, 0.1) is 22.5 Å². The van der Waals surface area contributed by atoms with E-state index < -0.39 is 0 Å². The molecule has 0 atom stereocenters. The van der Waals surface area contributed by atoms with Crippen molar-refractivity contribution < 1.29 is 4.74 Å². The number of aromatic nitrogens is 1. The third-order valence-electron chi connectivity index (χ3n) is 2.10. The molecule has 0 unspecified atom stereocenters. The van der Waals surface area contributed by atoms with E-state index in [0.717, 1.165) is 26.3 Å². The number of nitrogens with zero attached hydrogens (tertiary/aromatic N) is 2. The molecule has 4 heteroatoms. The summed E-state index contributed by atoms with van der Waals surface area (Å²) in [5.41, 5.74) is 1.28. The molecule has 0 radical (unpaired) electrons. The van der Waals surface area contributed by atoms with Crippen molar-refractivity contribution in [2.24, 2.45) is 0 Å². The Morgan fingerprint density at radius 2 is 2.15 bits per heavy atom. The Morgan fingerprint density at radius 1 is 1.38 bits per heavy atom. The van der Waals surface area contributed by atoms with Crippen LogP contribution < -0.4 is 4.90 Å². The molecule has 1 saturated heterocycles. The van der Waals surface area contributed by atoms with Crippen LogP contribution in [0.5, 0.6) is 0 Å². The molecule has 0 aromatic carbocycles. The first-order valence-corrected chi connectivity index (χ1v) is 5.38. The Morgan fingerprint density at radius 3 is 2.85 bits per heavy atom. The first-order valence-electron chi connectivity index (χ1n) is 4.30. The van der Waals surface area contributed by atoms with Crippen LogP contribution in [0.15, 0.2) is 18.5 Å². The van der Waals surface area contributed by atoms with Crippen LogP contribution >= 0.6 is 22.6 Å². The van der Waals surface area contributed by atoms with Gasteiger partial charge in [-0.25, -0.2) is 0 Å². The quantitative estimate of drug-likeness (QED) is 0.733. The highest BCUT2D eigenvalue weighted by Crippen LogP contribution is 2.21. The molecule has 3 nitrogen and oxygen atoms in total. The highest BCUT2D eigenvalue weighted by molar-refractivity contribution is 14.1. The normalized spacial score (nSPS) is 17.5. The van der Waals surface area contributed by atoms with Crippen LogP contribution in [0.25, 0.3) is 0 Å². The SMILES string of the molecule is Ic1cnccc1N1CCOCC1. The number of anilines is 1. The molecule has 2 heterocycles. The van der Waals surface area contributed by atoms with Crippen molar-refractivity contribution in [3.8, 4) is 0 Å². The molecular formula is C9H11IN2O. The van der Waals surface area contributed by atoms with Crippen LogP contribution in [-0.4, -0.2) is 31.3 Å².